The first-order chi connectivity index (χ1) is 25.9. The molecule has 0 saturated carbocycles. The zero-order chi connectivity index (χ0) is 35.5. The molecule has 0 saturated heterocycles. The van der Waals surface area contributed by atoms with Crippen LogP contribution in [0.3, 0.4) is 0 Å². The van der Waals surface area contributed by atoms with Gasteiger partial charge in [-0.15, -0.1) is 11.3 Å². The molecule has 4 nitrogen and oxygen atoms in total. The largest absolute Gasteiger partial charge is 0.457 e. The molecule has 0 amide bonds. The van der Waals surface area contributed by atoms with Gasteiger partial charge in [0.2, 0.25) is 0 Å². The van der Waals surface area contributed by atoms with E-state index >= 15 is 0 Å². The quantitative estimate of drug-likeness (QED) is 0.171. The Morgan fingerprint density at radius 3 is 1.98 bits per heavy atom. The van der Waals surface area contributed by atoms with Gasteiger partial charge in [0.25, 0.3) is 0 Å². The lowest BCUT2D eigenvalue weighted by Gasteiger charge is -2.39. The lowest BCUT2D eigenvalue weighted by atomic mass is 9.66. The van der Waals surface area contributed by atoms with Crippen LogP contribution in [0.15, 0.2) is 152 Å². The van der Waals surface area contributed by atoms with Crippen LogP contribution in [0.4, 0.5) is 0 Å². The second kappa shape index (κ2) is 11.1. The normalized spacial score (nSPS) is 13.8. The summed E-state index contributed by atoms with van der Waals surface area (Å²) in [6.07, 6.45) is 0. The molecule has 2 aromatic heterocycles. The number of benzene rings is 7. The summed E-state index contributed by atoms with van der Waals surface area (Å²) in [4.78, 5) is 10.7. The zero-order valence-electron chi connectivity index (χ0n) is 29.0. The summed E-state index contributed by atoms with van der Waals surface area (Å²) in [5, 5.41) is 4.35. The van der Waals surface area contributed by atoms with Crippen molar-refractivity contribution in [2.24, 2.45) is 0 Å². The molecule has 1 spiro atoms. The molecule has 7 aromatic carbocycles. The molecule has 0 atom stereocenters. The van der Waals surface area contributed by atoms with Crippen LogP contribution in [0.25, 0.3) is 64.8 Å². The van der Waals surface area contributed by atoms with Crippen LogP contribution in [0, 0.1) is 0 Å². The highest BCUT2D eigenvalue weighted by atomic mass is 32.1. The molecule has 0 unspecified atom stereocenters. The third-order valence-corrected chi connectivity index (χ3v) is 13.8. The van der Waals surface area contributed by atoms with Crippen LogP contribution in [-0.4, -0.2) is 23.3 Å². The average Bonchev–Trinajstić information content (AvgIpc) is 3.70. The third kappa shape index (κ3) is 4.32. The highest BCUT2D eigenvalue weighted by Gasteiger charge is 2.52. The Labute approximate surface area is 310 Å². The van der Waals surface area contributed by atoms with Gasteiger partial charge in [0.1, 0.15) is 18.6 Å². The summed E-state index contributed by atoms with van der Waals surface area (Å²) in [6.45, 7) is 3.61. The number of aromatic nitrogens is 2. The molecular formula is C47H31N2O2PS. The van der Waals surface area contributed by atoms with E-state index in [1.165, 1.54) is 37.7 Å². The standard InChI is InChI=1S/C47H31N2O2PS/c1-52(2,50)31-24-22-28(23-25-31)46-48-43-32-14-5-10-21-41(32)53-45(43)44(49-46)33-15-11-18-37-42(33)34-26-29-12-3-4-13-30(29)27-38(34)47(37)35-16-6-8-19-39(35)51-40-20-9-7-17-36(40)47/h3-27H,1-2H3. The Bertz CT molecular complexity index is 3000. The van der Waals surface area contributed by atoms with Crippen LogP contribution in [-0.2, 0) is 9.98 Å². The number of nitrogens with zero attached hydrogens (tertiary/aromatic N) is 2. The summed E-state index contributed by atoms with van der Waals surface area (Å²) < 4.78 is 21.8. The third-order valence-electron chi connectivity index (χ3n) is 11.1. The topological polar surface area (TPSA) is 52.1 Å². The fourth-order valence-corrected chi connectivity index (χ4v) is 10.7. The van der Waals surface area contributed by atoms with Gasteiger partial charge in [-0.05, 0) is 76.7 Å². The Kier molecular flexibility index (Phi) is 6.42. The van der Waals surface area contributed by atoms with Crippen LogP contribution >= 0.6 is 18.5 Å². The first-order valence-corrected chi connectivity index (χ1v) is 21.2. The Morgan fingerprint density at radius 1 is 0.604 bits per heavy atom. The van der Waals surface area contributed by atoms with E-state index in [1.54, 1.807) is 24.7 Å². The van der Waals surface area contributed by atoms with Crippen LogP contribution in [0.1, 0.15) is 22.3 Å². The first-order valence-electron chi connectivity index (χ1n) is 17.8. The number of para-hydroxylation sites is 2. The molecule has 9 aromatic rings. The van der Waals surface area contributed by atoms with Gasteiger partial charge in [-0.25, -0.2) is 9.97 Å². The molecule has 0 bridgehead atoms. The molecule has 1 aliphatic heterocycles. The van der Waals surface area contributed by atoms with E-state index in [4.69, 9.17) is 14.7 Å². The predicted octanol–water partition coefficient (Wildman–Crippen LogP) is 12.0. The molecule has 0 radical (unpaired) electrons. The fraction of sp³-hybridized carbons (Fsp3) is 0.0638. The van der Waals surface area contributed by atoms with E-state index in [0.717, 1.165) is 60.4 Å². The zero-order valence-corrected chi connectivity index (χ0v) is 30.7. The summed E-state index contributed by atoms with van der Waals surface area (Å²) in [7, 11) is -2.42. The van der Waals surface area contributed by atoms with Gasteiger partial charge in [0.15, 0.2) is 5.82 Å². The lowest BCUT2D eigenvalue weighted by molar-refractivity contribution is 0.436. The van der Waals surface area contributed by atoms with E-state index in [-0.39, 0.29) is 0 Å². The van der Waals surface area contributed by atoms with Crippen molar-refractivity contribution in [1.29, 1.82) is 0 Å². The van der Waals surface area contributed by atoms with Crippen LogP contribution < -0.4 is 10.0 Å². The summed E-state index contributed by atoms with van der Waals surface area (Å²) in [5.41, 5.74) is 10.3. The van der Waals surface area contributed by atoms with Crippen LogP contribution in [0.2, 0.25) is 0 Å². The Hall–Kier alpha value is -5.87. The number of thiophene rings is 1. The Balaban J connectivity index is 1.27. The summed E-state index contributed by atoms with van der Waals surface area (Å²) in [5.74, 6) is 2.38. The fourth-order valence-electron chi connectivity index (χ4n) is 8.70. The van der Waals surface area contributed by atoms with E-state index in [1.807, 2.05) is 24.3 Å². The highest BCUT2D eigenvalue weighted by Crippen LogP contribution is 2.64. The molecular weight excluding hydrogens is 688 g/mol. The smallest absolute Gasteiger partial charge is 0.160 e. The van der Waals surface area contributed by atoms with Gasteiger partial charge in [0.05, 0.1) is 21.3 Å². The minimum absolute atomic E-state index is 0.616. The molecule has 0 fully saturated rings. The average molecular weight is 719 g/mol. The number of hydrogen-bond donors (Lipinski definition) is 0. The van der Waals surface area contributed by atoms with Crippen molar-refractivity contribution in [3.05, 3.63) is 174 Å². The van der Waals surface area contributed by atoms with Crippen molar-refractivity contribution in [3.63, 3.8) is 0 Å². The van der Waals surface area contributed by atoms with E-state index < -0.39 is 12.6 Å². The molecule has 252 valence electrons. The summed E-state index contributed by atoms with van der Waals surface area (Å²) >= 11 is 1.74. The van der Waals surface area contributed by atoms with Crippen LogP contribution in [0.5, 0.6) is 11.5 Å². The monoisotopic (exact) mass is 718 g/mol. The van der Waals surface area contributed by atoms with Gasteiger partial charge in [-0.1, -0.05) is 121 Å². The maximum atomic E-state index is 12.9. The molecule has 53 heavy (non-hydrogen) atoms. The molecule has 11 rings (SSSR count). The highest BCUT2D eigenvalue weighted by molar-refractivity contribution is 7.70. The number of ether oxygens (including phenoxy) is 1. The molecule has 0 N–H and O–H groups in total. The number of hydrogen-bond acceptors (Lipinski definition) is 5. The van der Waals surface area contributed by atoms with Gasteiger partial charge in [-0.2, -0.15) is 0 Å². The lowest BCUT2D eigenvalue weighted by Crippen LogP contribution is -2.32. The second-order valence-electron chi connectivity index (χ2n) is 14.4. The minimum Gasteiger partial charge on any atom is -0.457 e. The summed E-state index contributed by atoms with van der Waals surface area (Å²) in [6, 6.07) is 53.6. The molecule has 6 heteroatoms. The maximum absolute atomic E-state index is 12.9. The van der Waals surface area contributed by atoms with Gasteiger partial charge in [0, 0.05) is 37.6 Å². The van der Waals surface area contributed by atoms with Gasteiger partial charge in [-0.3, -0.25) is 0 Å². The van der Waals surface area contributed by atoms with Crippen molar-refractivity contribution < 1.29 is 9.30 Å². The predicted molar refractivity (Wildman–Crippen MR) is 220 cm³/mol. The van der Waals surface area contributed by atoms with Crippen molar-refractivity contribution in [2.45, 2.75) is 5.41 Å². The van der Waals surface area contributed by atoms with Crippen molar-refractivity contribution in [3.8, 4) is 45.3 Å². The molecule has 3 heterocycles. The first kappa shape index (κ1) is 30.7. The van der Waals surface area contributed by atoms with Crippen molar-refractivity contribution >= 4 is 54.9 Å². The minimum atomic E-state index is -2.42. The Morgan fingerprint density at radius 2 is 1.25 bits per heavy atom. The number of fused-ring (bicyclic) bond motifs is 13. The van der Waals surface area contributed by atoms with E-state index in [0.29, 0.717) is 5.82 Å². The second-order valence-corrected chi connectivity index (χ2v) is 18.7. The maximum Gasteiger partial charge on any atom is 0.160 e. The van der Waals surface area contributed by atoms with E-state index in [9.17, 15) is 4.57 Å². The van der Waals surface area contributed by atoms with E-state index in [2.05, 4.69) is 127 Å². The molecule has 2 aliphatic rings. The number of rotatable bonds is 3. The SMILES string of the molecule is CP(C)(=O)c1ccc(-c2nc(-c3cccc4c3-c3cc5ccccc5cc3C43c4ccccc4Oc4ccccc43)c3sc4ccccc4c3n2)cc1. The van der Waals surface area contributed by atoms with Crippen molar-refractivity contribution in [2.75, 3.05) is 13.3 Å². The molecule has 1 aliphatic carbocycles. The van der Waals surface area contributed by atoms with Gasteiger partial charge >= 0.3 is 0 Å². The van der Waals surface area contributed by atoms with Crippen molar-refractivity contribution in [1.82, 2.24) is 9.97 Å². The van der Waals surface area contributed by atoms with Gasteiger partial charge < -0.3 is 9.30 Å².